The van der Waals surface area contributed by atoms with Crippen LogP contribution in [0.1, 0.15) is 0 Å². The Bertz CT molecular complexity index is 59.8. The molecule has 1 N–H and O–H groups in total. The molecule has 0 heterocycles. The molecule has 0 bridgehead atoms. The van der Waals surface area contributed by atoms with Crippen LogP contribution in [0.25, 0.3) is 0 Å². The molecule has 0 rings (SSSR count). The van der Waals surface area contributed by atoms with Crippen molar-refractivity contribution in [1.29, 1.82) is 0 Å². The van der Waals surface area contributed by atoms with Gasteiger partial charge in [0.15, 0.2) is 5.97 Å². The maximum atomic E-state index is 8.94. The normalized spacial score (nSPS) is 5.33. The fraction of sp³-hybridized carbons (Fsp3) is 0. The smallest absolute Gasteiger partial charge is 0.180 e. The van der Waals surface area contributed by atoms with Gasteiger partial charge in [-0.1, -0.05) is 0 Å². The quantitative estimate of drug-likeness (QED) is 0.280. The first-order chi connectivity index (χ1) is 2.27. The number of rotatable bonds is 1. The van der Waals surface area contributed by atoms with E-state index in [1.165, 1.54) is 0 Å². The molecule has 32 valence electrons. The molecule has 0 saturated carbocycles. The Morgan fingerprint density at radius 1 is 1.67 bits per heavy atom. The Kier molecular flexibility index (Phi) is 7.51. The van der Waals surface area contributed by atoms with Crippen LogP contribution in [0.15, 0.2) is 0 Å². The van der Waals surface area contributed by atoms with Gasteiger partial charge in [-0.2, -0.15) is 6.29 Å². The minimum absolute atomic E-state index is 0. The molecule has 0 amide bonds. The molecular formula is C2HO3Ti-. The average molecular weight is 121 g/mol. The van der Waals surface area contributed by atoms with Crippen molar-refractivity contribution in [3.05, 3.63) is 0 Å². The van der Waals surface area contributed by atoms with Crippen molar-refractivity contribution in [3.8, 4) is 0 Å². The number of carboxylic acid groups (broad SMARTS) is 1. The Labute approximate surface area is 49.2 Å². The van der Waals surface area contributed by atoms with Gasteiger partial charge in [0, 0.05) is 21.7 Å². The van der Waals surface area contributed by atoms with Crippen molar-refractivity contribution in [1.82, 2.24) is 0 Å². The van der Waals surface area contributed by atoms with Gasteiger partial charge in [0.2, 0.25) is 0 Å². The van der Waals surface area contributed by atoms with E-state index >= 15 is 0 Å². The Hall–Kier alpha value is -0.146. The Balaban J connectivity index is 0. The van der Waals surface area contributed by atoms with E-state index in [9.17, 15) is 0 Å². The van der Waals surface area contributed by atoms with Gasteiger partial charge in [-0.25, -0.2) is 0 Å². The summed E-state index contributed by atoms with van der Waals surface area (Å²) in [5.74, 6) is -1.55. The molecule has 0 saturated heterocycles. The minimum atomic E-state index is -1.55. The number of aliphatic carboxylic acids is 1. The van der Waals surface area contributed by atoms with Crippen molar-refractivity contribution in [2.24, 2.45) is 0 Å². The molecule has 0 atom stereocenters. The first-order valence-electron chi connectivity index (χ1n) is 0.882. The van der Waals surface area contributed by atoms with Crippen molar-refractivity contribution in [3.63, 3.8) is 0 Å². The minimum Gasteiger partial charge on any atom is -0.531 e. The van der Waals surface area contributed by atoms with Crippen LogP contribution in [0.4, 0.5) is 0 Å². The summed E-state index contributed by atoms with van der Waals surface area (Å²) in [7, 11) is 0. The van der Waals surface area contributed by atoms with Gasteiger partial charge in [-0.15, -0.1) is 0 Å². The average Bonchev–Trinajstić information content (AvgIpc) is 1.38. The number of carbonyl (C=O) groups is 1. The zero-order chi connectivity index (χ0) is 4.28. The van der Waals surface area contributed by atoms with E-state index in [0.717, 1.165) is 0 Å². The van der Waals surface area contributed by atoms with Gasteiger partial charge in [0.25, 0.3) is 0 Å². The van der Waals surface area contributed by atoms with E-state index in [1.807, 2.05) is 0 Å². The fourth-order valence-corrected chi connectivity index (χ4v) is 0. The molecule has 0 aromatic carbocycles. The summed E-state index contributed by atoms with van der Waals surface area (Å²) in [6, 6.07) is 0. The van der Waals surface area contributed by atoms with Crippen LogP contribution in [-0.4, -0.2) is 17.4 Å². The third kappa shape index (κ3) is 9.13. The zero-order valence-corrected chi connectivity index (χ0v) is 4.33. The molecule has 0 radical (unpaired) electrons. The Morgan fingerprint density at radius 2 is 1.83 bits per heavy atom. The molecule has 6 heavy (non-hydrogen) atoms. The molecule has 3 nitrogen and oxygen atoms in total. The fourth-order valence-electron chi connectivity index (χ4n) is 0. The number of carbonyl (C=O) groups excluding carboxylic acids is 1. The summed E-state index contributed by atoms with van der Waals surface area (Å²) < 4.78 is 0. The second kappa shape index (κ2) is 4.85. The third-order valence-electron chi connectivity index (χ3n) is 0.0873. The topological polar surface area (TPSA) is 54.4 Å². The standard InChI is InChI=1S/C2HO3.Ti/c3-1-2(4)5;/h(H,4,5);/q-1;. The summed E-state index contributed by atoms with van der Waals surface area (Å²) in [6.45, 7) is 0. The third-order valence-corrected chi connectivity index (χ3v) is 0.0873. The number of hydrogen-bond acceptors (Lipinski definition) is 2. The predicted octanol–water partition coefficient (Wildman–Crippen LogP) is -0.822. The molecule has 0 aliphatic carbocycles. The second-order valence-corrected chi connectivity index (χ2v) is 0.407. The molecule has 0 aromatic rings. The van der Waals surface area contributed by atoms with Crippen molar-refractivity contribution < 1.29 is 36.4 Å². The molecule has 0 aromatic heterocycles. The van der Waals surface area contributed by atoms with E-state index in [1.54, 1.807) is 0 Å². The van der Waals surface area contributed by atoms with Crippen LogP contribution in [0.3, 0.4) is 0 Å². The van der Waals surface area contributed by atoms with Crippen LogP contribution in [0.2, 0.25) is 0 Å². The molecule has 0 fully saturated rings. The van der Waals surface area contributed by atoms with Crippen LogP contribution >= 0.6 is 0 Å². The number of hydrogen-bond donors (Lipinski definition) is 1. The summed E-state index contributed by atoms with van der Waals surface area (Å²) in [6.07, 6.45) is 0.694. The molecule has 0 aliphatic heterocycles. The first kappa shape index (κ1) is 9.29. The van der Waals surface area contributed by atoms with Gasteiger partial charge >= 0.3 is 0 Å². The van der Waals surface area contributed by atoms with Crippen LogP contribution < -0.4 is 0 Å². The molecule has 0 aliphatic rings. The maximum absolute atomic E-state index is 8.94. The number of carboxylic acids is 1. The van der Waals surface area contributed by atoms with E-state index in [4.69, 9.17) is 14.7 Å². The van der Waals surface area contributed by atoms with Gasteiger partial charge in [0.1, 0.15) is 0 Å². The summed E-state index contributed by atoms with van der Waals surface area (Å²) >= 11 is 0. The Morgan fingerprint density at radius 3 is 1.83 bits per heavy atom. The van der Waals surface area contributed by atoms with Gasteiger partial charge in [0.05, 0.1) is 0 Å². The largest absolute Gasteiger partial charge is 0.531 e. The van der Waals surface area contributed by atoms with E-state index in [2.05, 4.69) is 0 Å². The van der Waals surface area contributed by atoms with Crippen LogP contribution in [0.5, 0.6) is 0 Å². The van der Waals surface area contributed by atoms with Crippen molar-refractivity contribution in [2.75, 3.05) is 0 Å². The van der Waals surface area contributed by atoms with E-state index < -0.39 is 5.97 Å². The monoisotopic (exact) mass is 121 g/mol. The molecule has 4 heteroatoms. The SMILES string of the molecule is O=[C-]C(=O)O.[Ti]. The van der Waals surface area contributed by atoms with Gasteiger partial charge in [-0.05, 0) is 0 Å². The van der Waals surface area contributed by atoms with E-state index in [0.29, 0.717) is 6.29 Å². The molecule has 0 spiro atoms. The van der Waals surface area contributed by atoms with Gasteiger partial charge in [-0.3, -0.25) is 4.79 Å². The van der Waals surface area contributed by atoms with Crippen molar-refractivity contribution >= 4 is 12.3 Å². The molecule has 0 unspecified atom stereocenters. The maximum Gasteiger partial charge on any atom is 0.180 e. The first-order valence-corrected chi connectivity index (χ1v) is 0.882. The summed E-state index contributed by atoms with van der Waals surface area (Å²) in [4.78, 5) is 17.7. The van der Waals surface area contributed by atoms with Crippen molar-refractivity contribution in [2.45, 2.75) is 0 Å². The van der Waals surface area contributed by atoms with Gasteiger partial charge < -0.3 is 9.90 Å². The zero-order valence-electron chi connectivity index (χ0n) is 2.76. The van der Waals surface area contributed by atoms with Crippen LogP contribution in [0, 0.1) is 0 Å². The van der Waals surface area contributed by atoms with Crippen LogP contribution in [-0.2, 0) is 31.3 Å². The molecular weight excluding hydrogens is 120 g/mol. The van der Waals surface area contributed by atoms with E-state index in [-0.39, 0.29) is 21.7 Å². The second-order valence-electron chi connectivity index (χ2n) is 0.407. The summed E-state index contributed by atoms with van der Waals surface area (Å²) in [5, 5.41) is 7.30. The predicted molar refractivity (Wildman–Crippen MR) is 13.3 cm³/mol. The summed E-state index contributed by atoms with van der Waals surface area (Å²) in [5.41, 5.74) is 0.